The summed E-state index contributed by atoms with van der Waals surface area (Å²) in [5.41, 5.74) is -0.922. The number of halogens is 4. The van der Waals surface area contributed by atoms with Crippen LogP contribution in [0.3, 0.4) is 0 Å². The van der Waals surface area contributed by atoms with Gasteiger partial charge in [0.05, 0.1) is 16.3 Å². The van der Waals surface area contributed by atoms with Gasteiger partial charge < -0.3 is 16.0 Å². The minimum absolute atomic E-state index is 0.0386. The second kappa shape index (κ2) is 6.53. The molecule has 1 aromatic carbocycles. The summed E-state index contributed by atoms with van der Waals surface area (Å²) in [5.74, 6) is 0. The molecule has 0 saturated carbocycles. The van der Waals surface area contributed by atoms with Crippen molar-refractivity contribution in [3.05, 3.63) is 28.8 Å². The Kier molecular flexibility index (Phi) is 4.95. The van der Waals surface area contributed by atoms with Crippen molar-refractivity contribution in [2.24, 2.45) is 0 Å². The third-order valence-corrected chi connectivity index (χ3v) is 3.50. The predicted octanol–water partition coefficient (Wildman–Crippen LogP) is 3.23. The minimum Gasteiger partial charge on any atom is -0.334 e. The minimum atomic E-state index is -4.48. The Hall–Kier alpha value is -1.47. The first-order chi connectivity index (χ1) is 9.86. The number of alkyl halides is 3. The van der Waals surface area contributed by atoms with Crippen LogP contribution in [0.15, 0.2) is 18.2 Å². The molecule has 0 aliphatic carbocycles. The molecule has 8 heteroatoms. The second-order valence-corrected chi connectivity index (χ2v) is 5.24. The molecule has 1 atom stereocenters. The van der Waals surface area contributed by atoms with Gasteiger partial charge in [0.15, 0.2) is 0 Å². The van der Waals surface area contributed by atoms with Crippen molar-refractivity contribution in [3.63, 3.8) is 0 Å². The number of amides is 2. The average Bonchev–Trinajstić information content (AvgIpc) is 2.41. The molecule has 0 bridgehead atoms. The van der Waals surface area contributed by atoms with E-state index in [2.05, 4.69) is 16.0 Å². The average molecular weight is 322 g/mol. The lowest BCUT2D eigenvalue weighted by Crippen LogP contribution is -2.47. The highest BCUT2D eigenvalue weighted by molar-refractivity contribution is 6.33. The maximum absolute atomic E-state index is 12.6. The van der Waals surface area contributed by atoms with Gasteiger partial charge >= 0.3 is 12.2 Å². The first-order valence-corrected chi connectivity index (χ1v) is 6.89. The monoisotopic (exact) mass is 321 g/mol. The maximum Gasteiger partial charge on any atom is 0.416 e. The van der Waals surface area contributed by atoms with Crippen molar-refractivity contribution in [1.29, 1.82) is 0 Å². The van der Waals surface area contributed by atoms with Crippen LogP contribution < -0.4 is 16.0 Å². The van der Waals surface area contributed by atoms with Crippen LogP contribution in [0, 0.1) is 0 Å². The molecule has 0 radical (unpaired) electrons. The van der Waals surface area contributed by atoms with E-state index < -0.39 is 17.8 Å². The summed E-state index contributed by atoms with van der Waals surface area (Å²) >= 11 is 5.81. The largest absolute Gasteiger partial charge is 0.416 e. The van der Waals surface area contributed by atoms with E-state index in [1.165, 1.54) is 0 Å². The number of rotatable bonds is 2. The molecule has 2 rings (SSSR count). The zero-order valence-corrected chi connectivity index (χ0v) is 11.8. The number of carbonyl (C=O) groups is 1. The Labute approximate surface area is 125 Å². The number of hydrogen-bond donors (Lipinski definition) is 3. The maximum atomic E-state index is 12.6. The molecular formula is C13H15ClF3N3O. The molecule has 0 spiro atoms. The van der Waals surface area contributed by atoms with Crippen LogP contribution in [-0.2, 0) is 6.18 Å². The summed E-state index contributed by atoms with van der Waals surface area (Å²) in [5, 5.41) is 8.24. The normalized spacial score (nSPS) is 19.1. The number of hydrogen-bond acceptors (Lipinski definition) is 2. The van der Waals surface area contributed by atoms with Crippen molar-refractivity contribution in [2.75, 3.05) is 18.4 Å². The summed E-state index contributed by atoms with van der Waals surface area (Å²) in [4.78, 5) is 11.8. The van der Waals surface area contributed by atoms with E-state index in [-0.39, 0.29) is 16.8 Å². The number of nitrogens with one attached hydrogen (secondary N) is 3. The molecule has 116 valence electrons. The first-order valence-electron chi connectivity index (χ1n) is 6.51. The van der Waals surface area contributed by atoms with E-state index in [1.54, 1.807) is 0 Å². The van der Waals surface area contributed by atoms with Crippen LogP contribution in [0.1, 0.15) is 18.4 Å². The molecule has 1 aromatic rings. The Bertz CT molecular complexity index is 516. The lowest BCUT2D eigenvalue weighted by molar-refractivity contribution is -0.137. The van der Waals surface area contributed by atoms with Crippen molar-refractivity contribution in [2.45, 2.75) is 25.1 Å². The fraction of sp³-hybridized carbons (Fsp3) is 0.462. The first kappa shape index (κ1) is 15.9. The van der Waals surface area contributed by atoms with Gasteiger partial charge in [0.1, 0.15) is 0 Å². The summed E-state index contributed by atoms with van der Waals surface area (Å²) < 4.78 is 37.9. The van der Waals surface area contributed by atoms with Gasteiger partial charge in [0, 0.05) is 12.6 Å². The lowest BCUT2D eigenvalue weighted by atomic mass is 10.1. The fourth-order valence-corrected chi connectivity index (χ4v) is 2.28. The Morgan fingerprint density at radius 1 is 1.38 bits per heavy atom. The van der Waals surface area contributed by atoms with E-state index in [1.807, 2.05) is 0 Å². The van der Waals surface area contributed by atoms with E-state index in [0.29, 0.717) is 6.54 Å². The third kappa shape index (κ3) is 4.50. The smallest absolute Gasteiger partial charge is 0.334 e. The van der Waals surface area contributed by atoms with Crippen LogP contribution in [-0.4, -0.2) is 25.2 Å². The summed E-state index contributed by atoms with van der Waals surface area (Å²) in [7, 11) is 0. The molecule has 1 aliphatic rings. The summed E-state index contributed by atoms with van der Waals surface area (Å²) in [6.07, 6.45) is -2.71. The highest BCUT2D eigenvalue weighted by Gasteiger charge is 2.31. The van der Waals surface area contributed by atoms with Gasteiger partial charge in [-0.15, -0.1) is 0 Å². The van der Waals surface area contributed by atoms with Crippen LogP contribution in [0.25, 0.3) is 0 Å². The molecule has 1 saturated heterocycles. The summed E-state index contributed by atoms with van der Waals surface area (Å²) in [6.45, 7) is 1.54. The summed E-state index contributed by atoms with van der Waals surface area (Å²) in [6, 6.07) is 2.20. The topological polar surface area (TPSA) is 53.2 Å². The van der Waals surface area contributed by atoms with Crippen molar-refractivity contribution in [1.82, 2.24) is 10.6 Å². The lowest BCUT2D eigenvalue weighted by Gasteiger charge is -2.24. The zero-order chi connectivity index (χ0) is 15.5. The van der Waals surface area contributed by atoms with E-state index >= 15 is 0 Å². The van der Waals surface area contributed by atoms with Crippen molar-refractivity contribution < 1.29 is 18.0 Å². The van der Waals surface area contributed by atoms with Gasteiger partial charge in [-0.3, -0.25) is 0 Å². The van der Waals surface area contributed by atoms with Crippen molar-refractivity contribution >= 4 is 23.3 Å². The molecule has 4 nitrogen and oxygen atoms in total. The standard InChI is InChI=1S/C13H15ClF3N3O/c14-10-4-3-8(13(15,16)17)6-11(10)20-12(21)19-9-2-1-5-18-7-9/h3-4,6,9,18H,1-2,5,7H2,(H2,19,20,21)/t9-/m0/s1. The van der Waals surface area contributed by atoms with Gasteiger partial charge in [0.25, 0.3) is 0 Å². The Morgan fingerprint density at radius 3 is 2.76 bits per heavy atom. The molecule has 2 amide bonds. The van der Waals surface area contributed by atoms with Gasteiger partial charge in [-0.1, -0.05) is 11.6 Å². The van der Waals surface area contributed by atoms with E-state index in [4.69, 9.17) is 11.6 Å². The van der Waals surface area contributed by atoms with E-state index in [9.17, 15) is 18.0 Å². The quantitative estimate of drug-likeness (QED) is 0.783. The molecule has 1 aliphatic heterocycles. The third-order valence-electron chi connectivity index (χ3n) is 3.17. The number of anilines is 1. The highest BCUT2D eigenvalue weighted by atomic mass is 35.5. The van der Waals surface area contributed by atoms with Crippen LogP contribution in [0.2, 0.25) is 5.02 Å². The van der Waals surface area contributed by atoms with Gasteiger partial charge in [-0.25, -0.2) is 4.79 Å². The van der Waals surface area contributed by atoms with Crippen molar-refractivity contribution in [3.8, 4) is 0 Å². The number of piperidine rings is 1. The number of carbonyl (C=O) groups excluding carboxylic acids is 1. The molecular weight excluding hydrogens is 307 g/mol. The zero-order valence-electron chi connectivity index (χ0n) is 11.1. The van der Waals surface area contributed by atoms with Gasteiger partial charge in [-0.05, 0) is 37.6 Å². The van der Waals surface area contributed by atoms with E-state index in [0.717, 1.165) is 37.6 Å². The van der Waals surface area contributed by atoms with Crippen LogP contribution >= 0.6 is 11.6 Å². The highest BCUT2D eigenvalue weighted by Crippen LogP contribution is 2.33. The molecule has 1 fully saturated rings. The fourth-order valence-electron chi connectivity index (χ4n) is 2.12. The van der Waals surface area contributed by atoms with Gasteiger partial charge in [-0.2, -0.15) is 13.2 Å². The predicted molar refractivity (Wildman–Crippen MR) is 74.5 cm³/mol. The molecule has 0 aromatic heterocycles. The number of benzene rings is 1. The van der Waals surface area contributed by atoms with Gasteiger partial charge in [0.2, 0.25) is 0 Å². The Morgan fingerprint density at radius 2 is 2.14 bits per heavy atom. The van der Waals surface area contributed by atoms with Crippen LogP contribution in [0.4, 0.5) is 23.7 Å². The molecule has 1 heterocycles. The number of urea groups is 1. The Balaban J connectivity index is 2.02. The SMILES string of the molecule is O=C(Nc1cc(C(F)(F)F)ccc1Cl)N[C@H]1CCCNC1. The molecule has 21 heavy (non-hydrogen) atoms. The molecule has 0 unspecified atom stereocenters. The molecule has 3 N–H and O–H groups in total. The second-order valence-electron chi connectivity index (χ2n) is 4.83. The van der Waals surface area contributed by atoms with Crippen LogP contribution in [0.5, 0.6) is 0 Å².